The highest BCUT2D eigenvalue weighted by Crippen LogP contribution is 2.29. The van der Waals surface area contributed by atoms with Gasteiger partial charge in [0.2, 0.25) is 0 Å². The van der Waals surface area contributed by atoms with Crippen molar-refractivity contribution in [2.24, 2.45) is 5.92 Å². The maximum absolute atomic E-state index is 13.4. The van der Waals surface area contributed by atoms with E-state index >= 15 is 0 Å². The quantitative estimate of drug-likeness (QED) is 0.686. The minimum atomic E-state index is -0.100. The third-order valence-electron chi connectivity index (χ3n) is 5.48. The van der Waals surface area contributed by atoms with Crippen LogP contribution in [0.4, 0.5) is 0 Å². The Morgan fingerprint density at radius 3 is 2.79 bits per heavy atom. The van der Waals surface area contributed by atoms with Crippen LogP contribution in [0, 0.1) is 31.1 Å². The zero-order chi connectivity index (χ0) is 19.7. The standard InChI is InChI=1S/C22H21N5O/c1-14-5-6-18-19(22(28)27-7-3-4-16(9-23)12-27)8-20(26-21(18)15(14)2)17-10-24-13-25-11-17/h5-6,8,10-11,13,16H,3-4,7,12H2,1-2H3. The van der Waals surface area contributed by atoms with Gasteiger partial charge in [0.25, 0.3) is 5.91 Å². The fourth-order valence-corrected chi connectivity index (χ4v) is 3.72. The number of rotatable bonds is 2. The Morgan fingerprint density at radius 1 is 1.25 bits per heavy atom. The van der Waals surface area contributed by atoms with E-state index in [9.17, 15) is 10.1 Å². The van der Waals surface area contributed by atoms with Crippen LogP contribution >= 0.6 is 0 Å². The van der Waals surface area contributed by atoms with Crippen LogP contribution < -0.4 is 0 Å². The Hall–Kier alpha value is -3.33. The monoisotopic (exact) mass is 371 g/mol. The van der Waals surface area contributed by atoms with Crippen molar-refractivity contribution in [2.45, 2.75) is 26.7 Å². The first-order valence-electron chi connectivity index (χ1n) is 9.43. The van der Waals surface area contributed by atoms with Crippen LogP contribution in [0.3, 0.4) is 0 Å². The van der Waals surface area contributed by atoms with Crippen molar-refractivity contribution in [2.75, 3.05) is 13.1 Å². The van der Waals surface area contributed by atoms with Crippen molar-refractivity contribution in [1.82, 2.24) is 19.9 Å². The van der Waals surface area contributed by atoms with Gasteiger partial charge < -0.3 is 4.90 Å². The molecule has 4 rings (SSSR count). The first kappa shape index (κ1) is 18.1. The number of carbonyl (C=O) groups excluding carboxylic acids is 1. The van der Waals surface area contributed by atoms with Crippen molar-refractivity contribution in [3.8, 4) is 17.3 Å². The van der Waals surface area contributed by atoms with E-state index in [1.807, 2.05) is 32.0 Å². The number of benzene rings is 1. The molecule has 1 aliphatic heterocycles. The maximum Gasteiger partial charge on any atom is 0.254 e. The van der Waals surface area contributed by atoms with Gasteiger partial charge in [-0.2, -0.15) is 5.26 Å². The second kappa shape index (κ2) is 7.35. The van der Waals surface area contributed by atoms with Gasteiger partial charge in [0.1, 0.15) is 6.33 Å². The lowest BCUT2D eigenvalue weighted by Crippen LogP contribution is -2.39. The van der Waals surface area contributed by atoms with E-state index in [0.717, 1.165) is 40.4 Å². The molecule has 0 bridgehead atoms. The molecule has 0 spiro atoms. The predicted molar refractivity (Wildman–Crippen MR) is 106 cm³/mol. The van der Waals surface area contributed by atoms with Crippen LogP contribution in [-0.2, 0) is 0 Å². The second-order valence-electron chi connectivity index (χ2n) is 7.31. The highest BCUT2D eigenvalue weighted by atomic mass is 16.2. The van der Waals surface area contributed by atoms with Gasteiger partial charge in [-0.1, -0.05) is 12.1 Å². The summed E-state index contributed by atoms with van der Waals surface area (Å²) in [7, 11) is 0. The third-order valence-corrected chi connectivity index (χ3v) is 5.48. The van der Waals surface area contributed by atoms with E-state index in [-0.39, 0.29) is 11.8 Å². The molecule has 1 aliphatic rings. The van der Waals surface area contributed by atoms with Crippen molar-refractivity contribution < 1.29 is 4.79 Å². The molecule has 0 N–H and O–H groups in total. The maximum atomic E-state index is 13.4. The Balaban J connectivity index is 1.88. The largest absolute Gasteiger partial charge is 0.337 e. The molecule has 28 heavy (non-hydrogen) atoms. The molecule has 1 aromatic carbocycles. The second-order valence-corrected chi connectivity index (χ2v) is 7.31. The summed E-state index contributed by atoms with van der Waals surface area (Å²) in [6, 6.07) is 8.13. The minimum Gasteiger partial charge on any atom is -0.337 e. The van der Waals surface area contributed by atoms with E-state index in [0.29, 0.717) is 24.3 Å². The summed E-state index contributed by atoms with van der Waals surface area (Å²) in [5.41, 5.74) is 5.07. The van der Waals surface area contributed by atoms with Crippen LogP contribution in [0.1, 0.15) is 34.3 Å². The highest BCUT2D eigenvalue weighted by Gasteiger charge is 2.26. The molecule has 3 heterocycles. The van der Waals surface area contributed by atoms with Crippen LogP contribution in [0.15, 0.2) is 36.9 Å². The molecule has 1 amide bonds. The number of carbonyl (C=O) groups is 1. The molecule has 6 heteroatoms. The van der Waals surface area contributed by atoms with Crippen LogP contribution in [0.5, 0.6) is 0 Å². The summed E-state index contributed by atoms with van der Waals surface area (Å²) in [5, 5.41) is 10.1. The number of aromatic nitrogens is 3. The van der Waals surface area contributed by atoms with Gasteiger partial charge in [-0.05, 0) is 43.9 Å². The number of hydrogen-bond donors (Lipinski definition) is 0. The molecule has 3 aromatic rings. The van der Waals surface area contributed by atoms with E-state index in [1.54, 1.807) is 17.3 Å². The number of pyridine rings is 1. The van der Waals surface area contributed by atoms with E-state index in [2.05, 4.69) is 16.0 Å². The minimum absolute atomic E-state index is 0.0475. The number of hydrogen-bond acceptors (Lipinski definition) is 5. The molecule has 140 valence electrons. The summed E-state index contributed by atoms with van der Waals surface area (Å²) in [4.78, 5) is 28.2. The summed E-state index contributed by atoms with van der Waals surface area (Å²) < 4.78 is 0. The summed E-state index contributed by atoms with van der Waals surface area (Å²) >= 11 is 0. The molecule has 2 aromatic heterocycles. The number of aryl methyl sites for hydroxylation is 2. The molecule has 0 saturated carbocycles. The Bertz CT molecular complexity index is 1090. The van der Waals surface area contributed by atoms with Gasteiger partial charge in [0, 0.05) is 36.4 Å². The average Bonchev–Trinajstić information content (AvgIpc) is 2.76. The first-order valence-corrected chi connectivity index (χ1v) is 9.43. The van der Waals surface area contributed by atoms with Gasteiger partial charge in [-0.3, -0.25) is 4.79 Å². The zero-order valence-electron chi connectivity index (χ0n) is 16.0. The van der Waals surface area contributed by atoms with E-state index in [1.165, 1.54) is 6.33 Å². The lowest BCUT2D eigenvalue weighted by Gasteiger charge is -2.30. The predicted octanol–water partition coefficient (Wildman–Crippen LogP) is 3.68. The van der Waals surface area contributed by atoms with Crippen molar-refractivity contribution >= 4 is 16.8 Å². The lowest BCUT2D eigenvalue weighted by molar-refractivity contribution is 0.0701. The summed E-state index contributed by atoms with van der Waals surface area (Å²) in [6.45, 7) is 5.22. The van der Waals surface area contributed by atoms with Gasteiger partial charge in [0.05, 0.1) is 28.8 Å². The Labute approximate surface area is 163 Å². The van der Waals surface area contributed by atoms with Crippen molar-refractivity contribution in [3.63, 3.8) is 0 Å². The first-order chi connectivity index (χ1) is 13.6. The average molecular weight is 371 g/mol. The number of nitrogens with zero attached hydrogens (tertiary/aromatic N) is 5. The van der Waals surface area contributed by atoms with Crippen LogP contribution in [0.2, 0.25) is 0 Å². The molecule has 6 nitrogen and oxygen atoms in total. The fourth-order valence-electron chi connectivity index (χ4n) is 3.72. The number of amides is 1. The molecule has 1 saturated heterocycles. The smallest absolute Gasteiger partial charge is 0.254 e. The number of fused-ring (bicyclic) bond motifs is 1. The van der Waals surface area contributed by atoms with Gasteiger partial charge >= 0.3 is 0 Å². The molecular weight excluding hydrogens is 350 g/mol. The molecule has 1 atom stereocenters. The molecule has 1 fully saturated rings. The van der Waals surface area contributed by atoms with Gasteiger partial charge in [-0.15, -0.1) is 0 Å². The van der Waals surface area contributed by atoms with Gasteiger partial charge in [-0.25, -0.2) is 15.0 Å². The molecule has 0 radical (unpaired) electrons. The molecule has 1 unspecified atom stereocenters. The topological polar surface area (TPSA) is 82.8 Å². The number of piperidine rings is 1. The fraction of sp³-hybridized carbons (Fsp3) is 0.318. The molecule has 0 aliphatic carbocycles. The highest BCUT2D eigenvalue weighted by molar-refractivity contribution is 6.08. The Morgan fingerprint density at radius 2 is 2.04 bits per heavy atom. The number of nitriles is 1. The SMILES string of the molecule is Cc1ccc2c(C(=O)N3CCCC(C#N)C3)cc(-c3cncnc3)nc2c1C. The van der Waals surface area contributed by atoms with E-state index < -0.39 is 0 Å². The molecular formula is C22H21N5O. The summed E-state index contributed by atoms with van der Waals surface area (Å²) in [6.07, 6.45) is 6.58. The van der Waals surface area contributed by atoms with E-state index in [4.69, 9.17) is 4.98 Å². The third kappa shape index (κ3) is 3.20. The Kier molecular flexibility index (Phi) is 4.74. The number of likely N-dealkylation sites (tertiary alicyclic amines) is 1. The van der Waals surface area contributed by atoms with Crippen molar-refractivity contribution in [3.05, 3.63) is 53.6 Å². The zero-order valence-corrected chi connectivity index (χ0v) is 16.0. The van der Waals surface area contributed by atoms with Gasteiger partial charge in [0.15, 0.2) is 0 Å². The normalized spacial score (nSPS) is 16.8. The van der Waals surface area contributed by atoms with Crippen molar-refractivity contribution in [1.29, 1.82) is 5.26 Å². The van der Waals surface area contributed by atoms with Crippen LogP contribution in [-0.4, -0.2) is 38.8 Å². The van der Waals surface area contributed by atoms with Crippen LogP contribution in [0.25, 0.3) is 22.2 Å². The lowest BCUT2D eigenvalue weighted by atomic mass is 9.96. The summed E-state index contributed by atoms with van der Waals surface area (Å²) in [5.74, 6) is -0.148.